The fraction of sp³-hybridized carbons (Fsp3) is 0.250. The van der Waals surface area contributed by atoms with Crippen LogP contribution in [0.5, 0.6) is 0 Å². The molecule has 0 saturated carbocycles. The highest BCUT2D eigenvalue weighted by Crippen LogP contribution is 2.35. The van der Waals surface area contributed by atoms with Crippen molar-refractivity contribution in [2.75, 3.05) is 13.1 Å². The van der Waals surface area contributed by atoms with Crippen molar-refractivity contribution in [2.45, 2.75) is 12.3 Å². The van der Waals surface area contributed by atoms with E-state index in [0.717, 1.165) is 13.1 Å². The van der Waals surface area contributed by atoms with Crippen molar-refractivity contribution in [1.29, 1.82) is 0 Å². The summed E-state index contributed by atoms with van der Waals surface area (Å²) in [5.41, 5.74) is 4.36. The Balaban J connectivity index is 2.06. The van der Waals surface area contributed by atoms with Crippen LogP contribution >= 0.6 is 0 Å². The Kier molecular flexibility index (Phi) is 2.49. The zero-order valence-corrected chi connectivity index (χ0v) is 10.1. The molecule has 0 aliphatic carbocycles. The van der Waals surface area contributed by atoms with Gasteiger partial charge in [-0.1, -0.05) is 60.2 Å². The second-order valence-electron chi connectivity index (χ2n) is 4.92. The maximum absolute atomic E-state index is 3.41. The molecule has 0 amide bonds. The summed E-state index contributed by atoms with van der Waals surface area (Å²) in [5, 5.41) is 3.41. The number of nitrogens with one attached hydrogen (secondary N) is 1. The molecule has 1 saturated heterocycles. The van der Waals surface area contributed by atoms with E-state index in [2.05, 4.69) is 66.8 Å². The summed E-state index contributed by atoms with van der Waals surface area (Å²) < 4.78 is 0. The molecule has 0 atom stereocenters. The quantitative estimate of drug-likeness (QED) is 0.825. The lowest BCUT2D eigenvalue weighted by Gasteiger charge is -2.44. The maximum atomic E-state index is 3.41. The molecule has 1 heterocycles. The number of hydrogen-bond acceptors (Lipinski definition) is 1. The Morgan fingerprint density at radius 3 is 1.94 bits per heavy atom. The Labute approximate surface area is 102 Å². The number of rotatable bonds is 2. The average molecular weight is 223 g/mol. The normalized spacial score (nSPS) is 17.5. The lowest BCUT2D eigenvalue weighted by atomic mass is 9.70. The van der Waals surface area contributed by atoms with Crippen LogP contribution in [0.15, 0.2) is 54.6 Å². The highest BCUT2D eigenvalue weighted by Gasteiger charge is 2.39. The molecular formula is C16H17N. The van der Waals surface area contributed by atoms with E-state index in [4.69, 9.17) is 0 Å². The molecule has 2 aromatic carbocycles. The van der Waals surface area contributed by atoms with Gasteiger partial charge in [0.15, 0.2) is 0 Å². The molecule has 1 fully saturated rings. The summed E-state index contributed by atoms with van der Waals surface area (Å²) in [7, 11) is 0. The van der Waals surface area contributed by atoms with Crippen molar-refractivity contribution in [3.05, 3.63) is 71.3 Å². The minimum atomic E-state index is 0.189. The zero-order chi connectivity index (χ0) is 11.7. The molecule has 17 heavy (non-hydrogen) atoms. The summed E-state index contributed by atoms with van der Waals surface area (Å²) >= 11 is 0. The van der Waals surface area contributed by atoms with E-state index in [1.54, 1.807) is 0 Å². The van der Waals surface area contributed by atoms with E-state index < -0.39 is 0 Å². The van der Waals surface area contributed by atoms with Gasteiger partial charge in [-0.05, 0) is 18.1 Å². The molecular weight excluding hydrogens is 206 g/mol. The minimum Gasteiger partial charge on any atom is -0.314 e. The minimum absolute atomic E-state index is 0.189. The first-order valence-corrected chi connectivity index (χ1v) is 6.15. The van der Waals surface area contributed by atoms with Crippen molar-refractivity contribution < 1.29 is 0 Å². The lowest BCUT2D eigenvalue weighted by Crippen LogP contribution is -2.57. The molecule has 1 aliphatic heterocycles. The van der Waals surface area contributed by atoms with Crippen molar-refractivity contribution in [3.8, 4) is 0 Å². The third-order valence-corrected chi connectivity index (χ3v) is 3.78. The average Bonchev–Trinajstić information content (AvgIpc) is 2.32. The molecule has 0 bridgehead atoms. The van der Waals surface area contributed by atoms with Crippen molar-refractivity contribution in [3.63, 3.8) is 0 Å². The Morgan fingerprint density at radius 1 is 0.824 bits per heavy atom. The summed E-state index contributed by atoms with van der Waals surface area (Å²) in [6.45, 7) is 4.22. The third-order valence-electron chi connectivity index (χ3n) is 3.78. The van der Waals surface area contributed by atoms with Crippen LogP contribution in [0.4, 0.5) is 0 Å². The van der Waals surface area contributed by atoms with Crippen molar-refractivity contribution in [1.82, 2.24) is 5.32 Å². The van der Waals surface area contributed by atoms with Crippen LogP contribution in [-0.2, 0) is 5.41 Å². The first-order valence-electron chi connectivity index (χ1n) is 6.15. The van der Waals surface area contributed by atoms with Crippen LogP contribution in [0.1, 0.15) is 16.7 Å². The van der Waals surface area contributed by atoms with Gasteiger partial charge in [-0.2, -0.15) is 0 Å². The van der Waals surface area contributed by atoms with Gasteiger partial charge in [0.25, 0.3) is 0 Å². The van der Waals surface area contributed by atoms with Gasteiger partial charge in [0.05, 0.1) is 0 Å². The van der Waals surface area contributed by atoms with E-state index in [9.17, 15) is 0 Å². The SMILES string of the molecule is Cc1ccc(C2(c3ccccc3)CNC2)cc1. The molecule has 86 valence electrons. The van der Waals surface area contributed by atoms with E-state index in [1.807, 2.05) is 0 Å². The molecule has 1 N–H and O–H groups in total. The number of hydrogen-bond donors (Lipinski definition) is 1. The second-order valence-corrected chi connectivity index (χ2v) is 4.92. The predicted molar refractivity (Wildman–Crippen MR) is 71.3 cm³/mol. The van der Waals surface area contributed by atoms with Gasteiger partial charge in [0.2, 0.25) is 0 Å². The molecule has 1 heteroatoms. The predicted octanol–water partition coefficient (Wildman–Crippen LogP) is 2.88. The van der Waals surface area contributed by atoms with Crippen LogP contribution in [-0.4, -0.2) is 13.1 Å². The highest BCUT2D eigenvalue weighted by atomic mass is 15.0. The smallest absolute Gasteiger partial charge is 0.0451 e. The monoisotopic (exact) mass is 223 g/mol. The number of benzene rings is 2. The van der Waals surface area contributed by atoms with E-state index in [0.29, 0.717) is 0 Å². The fourth-order valence-electron chi connectivity index (χ4n) is 2.58. The van der Waals surface area contributed by atoms with Gasteiger partial charge in [0.1, 0.15) is 0 Å². The maximum Gasteiger partial charge on any atom is 0.0451 e. The molecule has 2 aromatic rings. The lowest BCUT2D eigenvalue weighted by molar-refractivity contribution is 0.334. The highest BCUT2D eigenvalue weighted by molar-refractivity contribution is 5.43. The Bertz CT molecular complexity index is 495. The number of aryl methyl sites for hydroxylation is 1. The Morgan fingerprint density at radius 2 is 1.41 bits per heavy atom. The van der Waals surface area contributed by atoms with Crippen LogP contribution in [0.2, 0.25) is 0 Å². The second kappa shape index (κ2) is 4.01. The first kappa shape index (κ1) is 10.5. The summed E-state index contributed by atoms with van der Waals surface area (Å²) in [6, 6.07) is 19.8. The zero-order valence-electron chi connectivity index (χ0n) is 10.1. The van der Waals surface area contributed by atoms with Gasteiger partial charge >= 0.3 is 0 Å². The summed E-state index contributed by atoms with van der Waals surface area (Å²) in [6.07, 6.45) is 0. The van der Waals surface area contributed by atoms with Crippen LogP contribution in [0, 0.1) is 6.92 Å². The molecule has 0 aromatic heterocycles. The van der Waals surface area contributed by atoms with Gasteiger partial charge < -0.3 is 5.32 Å². The molecule has 1 nitrogen and oxygen atoms in total. The Hall–Kier alpha value is -1.60. The largest absolute Gasteiger partial charge is 0.314 e. The molecule has 1 aliphatic rings. The molecule has 0 radical (unpaired) electrons. The van der Waals surface area contributed by atoms with Gasteiger partial charge in [-0.15, -0.1) is 0 Å². The van der Waals surface area contributed by atoms with Gasteiger partial charge in [-0.3, -0.25) is 0 Å². The van der Waals surface area contributed by atoms with Crippen molar-refractivity contribution >= 4 is 0 Å². The van der Waals surface area contributed by atoms with Crippen LogP contribution < -0.4 is 5.32 Å². The topological polar surface area (TPSA) is 12.0 Å². The van der Waals surface area contributed by atoms with E-state index in [-0.39, 0.29) is 5.41 Å². The van der Waals surface area contributed by atoms with Crippen LogP contribution in [0.25, 0.3) is 0 Å². The third kappa shape index (κ3) is 1.67. The van der Waals surface area contributed by atoms with E-state index in [1.165, 1.54) is 16.7 Å². The first-order chi connectivity index (χ1) is 8.31. The molecule has 0 unspecified atom stereocenters. The summed E-state index contributed by atoms with van der Waals surface area (Å²) in [4.78, 5) is 0. The summed E-state index contributed by atoms with van der Waals surface area (Å²) in [5.74, 6) is 0. The molecule has 3 rings (SSSR count). The molecule has 0 spiro atoms. The van der Waals surface area contributed by atoms with Crippen LogP contribution in [0.3, 0.4) is 0 Å². The standard InChI is InChI=1S/C16H17N/c1-13-7-9-15(10-8-13)16(11-17-12-16)14-5-3-2-4-6-14/h2-10,17H,11-12H2,1H3. The fourth-order valence-corrected chi connectivity index (χ4v) is 2.58. The van der Waals surface area contributed by atoms with Crippen molar-refractivity contribution in [2.24, 2.45) is 0 Å². The van der Waals surface area contributed by atoms with Gasteiger partial charge in [-0.25, -0.2) is 0 Å². The van der Waals surface area contributed by atoms with Gasteiger partial charge in [0, 0.05) is 18.5 Å². The van der Waals surface area contributed by atoms with E-state index >= 15 is 0 Å².